The molecule has 0 aliphatic rings. The summed E-state index contributed by atoms with van der Waals surface area (Å²) in [6.45, 7) is 3.64. The van der Waals surface area contributed by atoms with Gasteiger partial charge in [-0.1, -0.05) is 12.1 Å². The monoisotopic (exact) mass is 343 g/mol. The molecule has 0 atom stereocenters. The molecule has 0 radical (unpaired) electrons. The van der Waals surface area contributed by atoms with Crippen LogP contribution in [0.4, 0.5) is 5.69 Å². The van der Waals surface area contributed by atoms with E-state index in [4.69, 9.17) is 4.74 Å². The third-order valence-corrected chi connectivity index (χ3v) is 3.51. The van der Waals surface area contributed by atoms with E-state index in [9.17, 15) is 20.0 Å². The summed E-state index contributed by atoms with van der Waals surface area (Å²) in [6, 6.07) is 9.33. The Morgan fingerprint density at radius 3 is 2.84 bits per heavy atom. The standard InChI is InChI=1S/C17H17N3O5/c1-11-4-3-5-16(12(11)2)25-10-17(22)19-18-9-13-6-7-15(21)14(8-13)20(23)24/h3-9,21H,10H2,1-2H3,(H,19,22)/b18-9+. The third-order valence-electron chi connectivity index (χ3n) is 3.51. The molecule has 8 heteroatoms. The van der Waals surface area contributed by atoms with Crippen LogP contribution < -0.4 is 10.2 Å². The molecule has 8 nitrogen and oxygen atoms in total. The van der Waals surface area contributed by atoms with Crippen molar-refractivity contribution < 1.29 is 19.6 Å². The number of aryl methyl sites for hydroxylation is 1. The van der Waals surface area contributed by atoms with E-state index in [-0.39, 0.29) is 6.61 Å². The zero-order chi connectivity index (χ0) is 18.4. The first-order chi connectivity index (χ1) is 11.9. The minimum atomic E-state index is -0.705. The van der Waals surface area contributed by atoms with E-state index in [1.54, 1.807) is 6.07 Å². The largest absolute Gasteiger partial charge is 0.502 e. The smallest absolute Gasteiger partial charge is 0.311 e. The van der Waals surface area contributed by atoms with Crippen molar-refractivity contribution in [3.8, 4) is 11.5 Å². The molecule has 25 heavy (non-hydrogen) atoms. The first-order valence-corrected chi connectivity index (χ1v) is 7.37. The van der Waals surface area contributed by atoms with Gasteiger partial charge in [-0.15, -0.1) is 0 Å². The van der Waals surface area contributed by atoms with Crippen LogP contribution in [0.5, 0.6) is 11.5 Å². The number of ether oxygens (including phenoxy) is 1. The SMILES string of the molecule is Cc1cccc(OCC(=O)N/N=C/c2ccc(O)c([N+](=O)[O-])c2)c1C. The predicted octanol–water partition coefficient (Wildman–Crippen LogP) is 2.45. The number of phenolic OH excluding ortho intramolecular Hbond substituents is 1. The van der Waals surface area contributed by atoms with Gasteiger partial charge in [-0.3, -0.25) is 14.9 Å². The number of amides is 1. The molecule has 0 unspecified atom stereocenters. The molecule has 0 saturated carbocycles. The summed E-state index contributed by atoms with van der Waals surface area (Å²) in [5.41, 5.74) is 4.21. The molecule has 0 aliphatic carbocycles. The van der Waals surface area contributed by atoms with Crippen LogP contribution in [0.15, 0.2) is 41.5 Å². The number of aromatic hydroxyl groups is 1. The molecule has 2 aromatic rings. The van der Waals surface area contributed by atoms with Crippen LogP contribution in [-0.4, -0.2) is 28.8 Å². The first kappa shape index (κ1) is 17.9. The van der Waals surface area contributed by atoms with Gasteiger partial charge in [0.25, 0.3) is 5.91 Å². The van der Waals surface area contributed by atoms with Crippen molar-refractivity contribution in [2.75, 3.05) is 6.61 Å². The van der Waals surface area contributed by atoms with Crippen LogP contribution >= 0.6 is 0 Å². The molecular weight excluding hydrogens is 326 g/mol. The van der Waals surface area contributed by atoms with Gasteiger partial charge in [0, 0.05) is 11.6 Å². The molecule has 0 fully saturated rings. The lowest BCUT2D eigenvalue weighted by Gasteiger charge is -2.09. The highest BCUT2D eigenvalue weighted by Crippen LogP contribution is 2.25. The molecule has 130 valence electrons. The summed E-state index contributed by atoms with van der Waals surface area (Å²) >= 11 is 0. The lowest BCUT2D eigenvalue weighted by Crippen LogP contribution is -2.24. The first-order valence-electron chi connectivity index (χ1n) is 7.37. The number of hydrogen-bond donors (Lipinski definition) is 2. The predicted molar refractivity (Wildman–Crippen MR) is 91.9 cm³/mol. The van der Waals surface area contributed by atoms with Crippen molar-refractivity contribution in [2.45, 2.75) is 13.8 Å². The maximum absolute atomic E-state index is 11.7. The number of hydrazone groups is 1. The van der Waals surface area contributed by atoms with Gasteiger partial charge in [0.1, 0.15) is 5.75 Å². The summed E-state index contributed by atoms with van der Waals surface area (Å²) in [4.78, 5) is 21.8. The molecule has 0 bridgehead atoms. The average Bonchev–Trinajstić information content (AvgIpc) is 2.57. The van der Waals surface area contributed by atoms with Crippen molar-refractivity contribution in [2.24, 2.45) is 5.10 Å². The number of nitrogens with zero attached hydrogens (tertiary/aromatic N) is 2. The fourth-order valence-corrected chi connectivity index (χ4v) is 2.00. The average molecular weight is 343 g/mol. The van der Waals surface area contributed by atoms with Crippen LogP contribution in [-0.2, 0) is 4.79 Å². The zero-order valence-corrected chi connectivity index (χ0v) is 13.7. The maximum Gasteiger partial charge on any atom is 0.311 e. The van der Waals surface area contributed by atoms with E-state index in [0.29, 0.717) is 11.3 Å². The lowest BCUT2D eigenvalue weighted by molar-refractivity contribution is -0.385. The summed E-state index contributed by atoms with van der Waals surface area (Å²) in [5.74, 6) is -0.285. The van der Waals surface area contributed by atoms with Crippen LogP contribution in [0.3, 0.4) is 0 Å². The van der Waals surface area contributed by atoms with E-state index in [0.717, 1.165) is 17.2 Å². The van der Waals surface area contributed by atoms with Crippen molar-refractivity contribution in [1.82, 2.24) is 5.43 Å². The molecule has 2 rings (SSSR count). The molecule has 0 heterocycles. The minimum absolute atomic E-state index is 0.211. The lowest BCUT2D eigenvalue weighted by atomic mass is 10.1. The Balaban J connectivity index is 1.91. The van der Waals surface area contributed by atoms with Crippen LogP contribution in [0.25, 0.3) is 0 Å². The Morgan fingerprint density at radius 2 is 2.12 bits per heavy atom. The van der Waals surface area contributed by atoms with Crippen molar-refractivity contribution in [1.29, 1.82) is 0 Å². The highest BCUT2D eigenvalue weighted by Gasteiger charge is 2.12. The van der Waals surface area contributed by atoms with Crippen LogP contribution in [0.2, 0.25) is 0 Å². The van der Waals surface area contributed by atoms with Gasteiger partial charge in [0.05, 0.1) is 11.1 Å². The van der Waals surface area contributed by atoms with Gasteiger partial charge in [0.15, 0.2) is 12.4 Å². The molecule has 2 aromatic carbocycles. The second-order valence-corrected chi connectivity index (χ2v) is 5.29. The fourth-order valence-electron chi connectivity index (χ4n) is 2.00. The molecular formula is C17H17N3O5. The number of carbonyl (C=O) groups excluding carboxylic acids is 1. The van der Waals surface area contributed by atoms with Gasteiger partial charge in [-0.05, 0) is 43.2 Å². The highest BCUT2D eigenvalue weighted by molar-refractivity contribution is 5.84. The summed E-state index contributed by atoms with van der Waals surface area (Å²) < 4.78 is 5.44. The second kappa shape index (κ2) is 7.91. The van der Waals surface area contributed by atoms with Crippen LogP contribution in [0.1, 0.15) is 16.7 Å². The Labute approximate surface area is 143 Å². The number of nitrogens with one attached hydrogen (secondary N) is 1. The van der Waals surface area contributed by atoms with Crippen molar-refractivity contribution >= 4 is 17.8 Å². The molecule has 0 aliphatic heterocycles. The van der Waals surface area contributed by atoms with Gasteiger partial charge < -0.3 is 9.84 Å². The van der Waals surface area contributed by atoms with Crippen molar-refractivity contribution in [3.63, 3.8) is 0 Å². The van der Waals surface area contributed by atoms with Gasteiger partial charge in [-0.25, -0.2) is 5.43 Å². The van der Waals surface area contributed by atoms with Gasteiger partial charge in [-0.2, -0.15) is 5.10 Å². The summed E-state index contributed by atoms with van der Waals surface area (Å²) in [6.07, 6.45) is 1.24. The Bertz CT molecular complexity index is 833. The maximum atomic E-state index is 11.7. The molecule has 2 N–H and O–H groups in total. The fraction of sp³-hybridized carbons (Fsp3) is 0.176. The summed E-state index contributed by atoms with van der Waals surface area (Å²) in [7, 11) is 0. The van der Waals surface area contributed by atoms with E-state index in [1.807, 2.05) is 26.0 Å². The van der Waals surface area contributed by atoms with E-state index < -0.39 is 22.3 Å². The van der Waals surface area contributed by atoms with E-state index >= 15 is 0 Å². The van der Waals surface area contributed by atoms with E-state index in [2.05, 4.69) is 10.5 Å². The number of benzene rings is 2. The molecule has 1 amide bonds. The van der Waals surface area contributed by atoms with Gasteiger partial charge >= 0.3 is 5.69 Å². The van der Waals surface area contributed by atoms with Gasteiger partial charge in [0.2, 0.25) is 0 Å². The molecule has 0 saturated heterocycles. The number of nitro benzene ring substituents is 1. The number of rotatable bonds is 6. The molecule has 0 spiro atoms. The molecule has 0 aromatic heterocycles. The van der Waals surface area contributed by atoms with Crippen LogP contribution in [0, 0.1) is 24.0 Å². The number of carbonyl (C=O) groups is 1. The van der Waals surface area contributed by atoms with Crippen molar-refractivity contribution in [3.05, 3.63) is 63.2 Å². The number of nitro groups is 1. The van der Waals surface area contributed by atoms with E-state index in [1.165, 1.54) is 18.3 Å². The quantitative estimate of drug-likeness (QED) is 0.475. The third kappa shape index (κ3) is 4.77. The Morgan fingerprint density at radius 1 is 1.36 bits per heavy atom. The topological polar surface area (TPSA) is 114 Å². The number of phenols is 1. The zero-order valence-electron chi connectivity index (χ0n) is 13.7. The number of hydrogen-bond acceptors (Lipinski definition) is 6. The highest BCUT2D eigenvalue weighted by atomic mass is 16.6. The second-order valence-electron chi connectivity index (χ2n) is 5.29. The Hall–Kier alpha value is -3.42. The normalized spacial score (nSPS) is 10.6. The Kier molecular flexibility index (Phi) is 5.67. The summed E-state index contributed by atoms with van der Waals surface area (Å²) in [5, 5.41) is 23.8. The minimum Gasteiger partial charge on any atom is -0.502 e.